The summed E-state index contributed by atoms with van der Waals surface area (Å²) in [4.78, 5) is 16.0. The zero-order valence-corrected chi connectivity index (χ0v) is 18.7. The van der Waals surface area contributed by atoms with Gasteiger partial charge in [-0.1, -0.05) is 30.3 Å². The molecule has 0 spiro atoms. The monoisotopic (exact) mass is 442 g/mol. The largest absolute Gasteiger partial charge is 0.372 e. The highest BCUT2D eigenvalue weighted by molar-refractivity contribution is 7.09. The highest BCUT2D eigenvalue weighted by Gasteiger charge is 2.12. The highest BCUT2D eigenvalue weighted by atomic mass is 32.1. The Morgan fingerprint density at radius 1 is 0.969 bits per heavy atom. The average Bonchev–Trinajstić information content (AvgIpc) is 3.56. The summed E-state index contributed by atoms with van der Waals surface area (Å²) in [5, 5.41) is 12.6. The van der Waals surface area contributed by atoms with Gasteiger partial charge in [-0.15, -0.1) is 11.3 Å². The van der Waals surface area contributed by atoms with Crippen LogP contribution in [0.5, 0.6) is 0 Å². The van der Waals surface area contributed by atoms with Crippen molar-refractivity contribution in [3.63, 3.8) is 0 Å². The smallest absolute Gasteiger partial charge is 0.251 e. The average molecular weight is 443 g/mol. The van der Waals surface area contributed by atoms with E-state index in [0.29, 0.717) is 12.1 Å². The van der Waals surface area contributed by atoms with Gasteiger partial charge < -0.3 is 10.2 Å². The Labute approximate surface area is 192 Å². The molecule has 0 atom stereocenters. The molecular formula is C26H26N4OS. The summed E-state index contributed by atoms with van der Waals surface area (Å²) in [6.45, 7) is 2.85. The van der Waals surface area contributed by atoms with Crippen molar-refractivity contribution in [3.05, 3.63) is 82.6 Å². The quantitative estimate of drug-likeness (QED) is 0.401. The first-order valence-corrected chi connectivity index (χ1v) is 12.0. The van der Waals surface area contributed by atoms with Crippen LogP contribution in [0.25, 0.3) is 22.5 Å². The number of hydrogen-bond donors (Lipinski definition) is 2. The van der Waals surface area contributed by atoms with Gasteiger partial charge >= 0.3 is 0 Å². The van der Waals surface area contributed by atoms with Crippen molar-refractivity contribution in [1.29, 1.82) is 0 Å². The number of thiophene rings is 1. The number of anilines is 1. The first kappa shape index (κ1) is 20.5. The third-order valence-electron chi connectivity index (χ3n) is 5.92. The molecule has 162 valence electrons. The van der Waals surface area contributed by atoms with Crippen molar-refractivity contribution in [1.82, 2.24) is 15.5 Å². The lowest BCUT2D eigenvalue weighted by Crippen LogP contribution is -2.29. The van der Waals surface area contributed by atoms with Crippen LogP contribution in [0.1, 0.15) is 34.5 Å². The molecule has 1 aliphatic heterocycles. The minimum atomic E-state index is -0.0657. The molecule has 6 heteroatoms. The summed E-state index contributed by atoms with van der Waals surface area (Å²) < 4.78 is 0. The number of aromatic nitrogens is 2. The topological polar surface area (TPSA) is 61.0 Å². The van der Waals surface area contributed by atoms with Gasteiger partial charge in [-0.3, -0.25) is 9.89 Å². The number of nitrogens with zero attached hydrogens (tertiary/aromatic N) is 2. The zero-order chi connectivity index (χ0) is 21.8. The molecule has 1 fully saturated rings. The molecule has 3 heterocycles. The number of hydrogen-bond acceptors (Lipinski definition) is 4. The molecule has 2 aromatic carbocycles. The van der Waals surface area contributed by atoms with E-state index in [9.17, 15) is 4.79 Å². The standard InChI is InChI=1S/C26H26N4OS/c31-26(27-18-23-5-4-16-32-23)21-8-6-19(7-9-21)24-17-25(29-28-24)20-10-12-22(13-11-20)30-14-2-1-3-15-30/h4-13,16-17H,1-3,14-15,18H2,(H,27,31)(H,28,29). The Hall–Kier alpha value is -3.38. The van der Waals surface area contributed by atoms with Crippen molar-refractivity contribution in [3.8, 4) is 22.5 Å². The summed E-state index contributed by atoms with van der Waals surface area (Å²) in [5.74, 6) is -0.0657. The zero-order valence-electron chi connectivity index (χ0n) is 17.9. The molecule has 0 aliphatic carbocycles. The fourth-order valence-electron chi connectivity index (χ4n) is 4.10. The summed E-state index contributed by atoms with van der Waals surface area (Å²) in [7, 11) is 0. The van der Waals surface area contributed by atoms with Gasteiger partial charge in [0.25, 0.3) is 5.91 Å². The fourth-order valence-corrected chi connectivity index (χ4v) is 4.74. The maximum Gasteiger partial charge on any atom is 0.251 e. The van der Waals surface area contributed by atoms with E-state index < -0.39 is 0 Å². The Balaban J connectivity index is 1.24. The molecule has 5 nitrogen and oxygen atoms in total. The second-order valence-corrected chi connectivity index (χ2v) is 9.13. The molecule has 0 radical (unpaired) electrons. The molecule has 0 saturated carbocycles. The van der Waals surface area contributed by atoms with Gasteiger partial charge in [0.1, 0.15) is 0 Å². The first-order chi connectivity index (χ1) is 15.8. The number of H-pyrrole nitrogens is 1. The van der Waals surface area contributed by atoms with E-state index >= 15 is 0 Å². The van der Waals surface area contributed by atoms with Crippen LogP contribution in [0, 0.1) is 0 Å². The van der Waals surface area contributed by atoms with Crippen LogP contribution in [-0.2, 0) is 6.54 Å². The minimum Gasteiger partial charge on any atom is -0.372 e. The lowest BCUT2D eigenvalue weighted by atomic mass is 10.1. The number of piperidine rings is 1. The second-order valence-electron chi connectivity index (χ2n) is 8.10. The lowest BCUT2D eigenvalue weighted by molar-refractivity contribution is 0.0951. The van der Waals surface area contributed by atoms with Crippen molar-refractivity contribution < 1.29 is 4.79 Å². The van der Waals surface area contributed by atoms with E-state index in [0.717, 1.165) is 40.5 Å². The molecule has 0 unspecified atom stereocenters. The van der Waals surface area contributed by atoms with Crippen molar-refractivity contribution >= 4 is 22.9 Å². The molecule has 4 aromatic rings. The number of amides is 1. The Bertz CT molecular complexity index is 1160. The van der Waals surface area contributed by atoms with Crippen LogP contribution in [0.3, 0.4) is 0 Å². The van der Waals surface area contributed by atoms with Gasteiger partial charge in [0, 0.05) is 34.8 Å². The van der Waals surface area contributed by atoms with E-state index in [-0.39, 0.29) is 5.91 Å². The van der Waals surface area contributed by atoms with Gasteiger partial charge in [0.05, 0.1) is 17.9 Å². The fraction of sp³-hybridized carbons (Fsp3) is 0.231. The number of carbonyl (C=O) groups is 1. The molecular weight excluding hydrogens is 416 g/mol. The molecule has 0 bridgehead atoms. The predicted octanol–water partition coefficient (Wildman–Crippen LogP) is 5.73. The molecule has 1 amide bonds. The van der Waals surface area contributed by atoms with Crippen LogP contribution in [-0.4, -0.2) is 29.2 Å². The van der Waals surface area contributed by atoms with Crippen LogP contribution >= 0.6 is 11.3 Å². The van der Waals surface area contributed by atoms with Gasteiger partial charge in [-0.25, -0.2) is 0 Å². The molecule has 2 N–H and O–H groups in total. The van der Waals surface area contributed by atoms with Gasteiger partial charge in [0.2, 0.25) is 0 Å². The van der Waals surface area contributed by atoms with Gasteiger partial charge in [0.15, 0.2) is 0 Å². The van der Waals surface area contributed by atoms with Crippen LogP contribution in [0.2, 0.25) is 0 Å². The highest BCUT2D eigenvalue weighted by Crippen LogP contribution is 2.27. The van der Waals surface area contributed by atoms with Gasteiger partial charge in [-0.05, 0) is 66.6 Å². The number of carbonyl (C=O) groups excluding carboxylic acids is 1. The van der Waals surface area contributed by atoms with Crippen molar-refractivity contribution in [2.45, 2.75) is 25.8 Å². The maximum absolute atomic E-state index is 12.4. The normalized spacial score (nSPS) is 13.8. The lowest BCUT2D eigenvalue weighted by Gasteiger charge is -2.28. The summed E-state index contributed by atoms with van der Waals surface area (Å²) in [6.07, 6.45) is 3.89. The molecule has 1 saturated heterocycles. The third-order valence-corrected chi connectivity index (χ3v) is 6.80. The Morgan fingerprint density at radius 2 is 1.72 bits per heavy atom. The van der Waals surface area contributed by atoms with Crippen molar-refractivity contribution in [2.24, 2.45) is 0 Å². The van der Waals surface area contributed by atoms with E-state index in [2.05, 4.69) is 50.7 Å². The second kappa shape index (κ2) is 9.40. The van der Waals surface area contributed by atoms with E-state index in [1.165, 1.54) is 24.9 Å². The first-order valence-electron chi connectivity index (χ1n) is 11.1. The third kappa shape index (κ3) is 4.60. The number of benzene rings is 2. The predicted molar refractivity (Wildman–Crippen MR) is 131 cm³/mol. The number of nitrogens with one attached hydrogen (secondary N) is 2. The Morgan fingerprint density at radius 3 is 2.44 bits per heavy atom. The van der Waals surface area contributed by atoms with E-state index in [1.54, 1.807) is 11.3 Å². The molecule has 1 aliphatic rings. The summed E-state index contributed by atoms with van der Waals surface area (Å²) >= 11 is 1.64. The SMILES string of the molecule is O=C(NCc1cccs1)c1ccc(-c2cc(-c3ccc(N4CCCCC4)cc3)n[nH]2)cc1. The maximum atomic E-state index is 12.4. The molecule has 2 aromatic heterocycles. The summed E-state index contributed by atoms with van der Waals surface area (Å²) in [5.41, 5.74) is 5.89. The van der Waals surface area contributed by atoms with Crippen molar-refractivity contribution in [2.75, 3.05) is 18.0 Å². The van der Waals surface area contributed by atoms with Gasteiger partial charge in [-0.2, -0.15) is 5.10 Å². The van der Waals surface area contributed by atoms with Crippen LogP contribution < -0.4 is 10.2 Å². The van der Waals surface area contributed by atoms with E-state index in [1.807, 2.05) is 41.8 Å². The minimum absolute atomic E-state index is 0.0657. The molecule has 5 rings (SSSR count). The molecule has 32 heavy (non-hydrogen) atoms. The van der Waals surface area contributed by atoms with Crippen LogP contribution in [0.4, 0.5) is 5.69 Å². The van der Waals surface area contributed by atoms with Crippen LogP contribution in [0.15, 0.2) is 72.1 Å². The summed E-state index contributed by atoms with van der Waals surface area (Å²) in [6, 6.07) is 22.4. The Kier molecular flexibility index (Phi) is 6.03. The number of rotatable bonds is 6. The van der Waals surface area contributed by atoms with E-state index in [4.69, 9.17) is 0 Å². The number of aromatic amines is 1.